The predicted molar refractivity (Wildman–Crippen MR) is 103 cm³/mol. The van der Waals surface area contributed by atoms with Gasteiger partial charge in [-0.3, -0.25) is 9.78 Å². The number of ether oxygens (including phenoxy) is 1. The minimum Gasteiger partial charge on any atom is -0.496 e. The molecule has 4 nitrogen and oxygen atoms in total. The summed E-state index contributed by atoms with van der Waals surface area (Å²) in [5.74, 6) is 0.843. The molecule has 1 unspecified atom stereocenters. The van der Waals surface area contributed by atoms with Crippen LogP contribution >= 0.6 is 0 Å². The molecule has 0 aliphatic rings. The maximum absolute atomic E-state index is 12.6. The van der Waals surface area contributed by atoms with Crippen molar-refractivity contribution in [3.05, 3.63) is 84.2 Å². The Balaban J connectivity index is 1.72. The van der Waals surface area contributed by atoms with Gasteiger partial charge >= 0.3 is 0 Å². The van der Waals surface area contributed by atoms with E-state index < -0.39 is 0 Å². The van der Waals surface area contributed by atoms with Crippen LogP contribution in [0.25, 0.3) is 11.1 Å². The molecule has 3 aromatic rings. The Morgan fingerprint density at radius 2 is 1.88 bits per heavy atom. The van der Waals surface area contributed by atoms with Gasteiger partial charge in [-0.25, -0.2) is 0 Å². The molecule has 0 aliphatic heterocycles. The van der Waals surface area contributed by atoms with Gasteiger partial charge in [0.05, 0.1) is 7.11 Å². The van der Waals surface area contributed by atoms with Crippen molar-refractivity contribution in [1.29, 1.82) is 0 Å². The molecule has 0 spiro atoms. The van der Waals surface area contributed by atoms with Gasteiger partial charge in [0.15, 0.2) is 0 Å². The largest absolute Gasteiger partial charge is 0.496 e. The summed E-state index contributed by atoms with van der Waals surface area (Å²) in [6.45, 7) is 2.59. The molecule has 0 saturated carbocycles. The molecule has 0 aliphatic carbocycles. The molecule has 2 aromatic carbocycles. The number of nitrogens with zero attached hydrogens (tertiary/aromatic N) is 1. The first-order valence-corrected chi connectivity index (χ1v) is 8.61. The number of hydrogen-bond acceptors (Lipinski definition) is 3. The lowest BCUT2D eigenvalue weighted by atomic mass is 10.0. The molecular weight excluding hydrogens is 324 g/mol. The van der Waals surface area contributed by atoms with Gasteiger partial charge in [0.1, 0.15) is 5.75 Å². The highest BCUT2D eigenvalue weighted by molar-refractivity contribution is 5.95. The molecule has 1 aromatic heterocycles. The minimum absolute atomic E-state index is 0.0930. The van der Waals surface area contributed by atoms with Crippen LogP contribution in [0, 0.1) is 0 Å². The molecule has 0 bridgehead atoms. The van der Waals surface area contributed by atoms with Gasteiger partial charge in [0.25, 0.3) is 5.91 Å². The second kappa shape index (κ2) is 8.30. The number of para-hydroxylation sites is 1. The second-order valence-electron chi connectivity index (χ2n) is 6.15. The molecule has 0 fully saturated rings. The molecule has 4 heteroatoms. The van der Waals surface area contributed by atoms with E-state index in [4.69, 9.17) is 4.74 Å². The highest BCUT2D eigenvalue weighted by Crippen LogP contribution is 2.29. The first-order chi connectivity index (χ1) is 12.7. The van der Waals surface area contributed by atoms with Crippen LogP contribution in [0.15, 0.2) is 72.9 Å². The van der Waals surface area contributed by atoms with Crippen molar-refractivity contribution in [1.82, 2.24) is 10.3 Å². The van der Waals surface area contributed by atoms with Gasteiger partial charge in [0.2, 0.25) is 0 Å². The fourth-order valence-corrected chi connectivity index (χ4v) is 2.83. The maximum atomic E-state index is 12.6. The Morgan fingerprint density at radius 3 is 2.65 bits per heavy atom. The molecule has 0 saturated heterocycles. The summed E-state index contributed by atoms with van der Waals surface area (Å²) in [4.78, 5) is 16.9. The van der Waals surface area contributed by atoms with Crippen molar-refractivity contribution in [2.45, 2.75) is 12.8 Å². The zero-order valence-electron chi connectivity index (χ0n) is 15.0. The van der Waals surface area contributed by atoms with E-state index in [0.717, 1.165) is 22.6 Å². The average Bonchev–Trinajstić information content (AvgIpc) is 2.72. The lowest BCUT2D eigenvalue weighted by Gasteiger charge is -2.13. The van der Waals surface area contributed by atoms with Crippen LogP contribution in [0.5, 0.6) is 5.75 Å². The summed E-state index contributed by atoms with van der Waals surface area (Å²) >= 11 is 0. The number of rotatable bonds is 6. The van der Waals surface area contributed by atoms with Crippen molar-refractivity contribution in [3.8, 4) is 16.9 Å². The van der Waals surface area contributed by atoms with Crippen LogP contribution in [0.4, 0.5) is 0 Å². The van der Waals surface area contributed by atoms with Crippen LogP contribution in [0.3, 0.4) is 0 Å². The highest BCUT2D eigenvalue weighted by atomic mass is 16.5. The fourth-order valence-electron chi connectivity index (χ4n) is 2.83. The molecular formula is C22H22N2O2. The summed E-state index contributed by atoms with van der Waals surface area (Å²) in [6.07, 6.45) is 1.77. The normalized spacial score (nSPS) is 11.6. The summed E-state index contributed by atoms with van der Waals surface area (Å²) in [6, 6.07) is 21.2. The van der Waals surface area contributed by atoms with Gasteiger partial charge < -0.3 is 10.1 Å². The van der Waals surface area contributed by atoms with Crippen LogP contribution in [-0.4, -0.2) is 24.5 Å². The molecule has 1 N–H and O–H groups in total. The smallest absolute Gasteiger partial charge is 0.251 e. The highest BCUT2D eigenvalue weighted by Gasteiger charge is 2.12. The lowest BCUT2D eigenvalue weighted by Crippen LogP contribution is -2.27. The molecule has 1 heterocycles. The van der Waals surface area contributed by atoms with E-state index in [-0.39, 0.29) is 11.8 Å². The summed E-state index contributed by atoms with van der Waals surface area (Å²) in [5.41, 5.74) is 3.51. The van der Waals surface area contributed by atoms with Crippen molar-refractivity contribution in [3.63, 3.8) is 0 Å². The zero-order valence-corrected chi connectivity index (χ0v) is 15.0. The van der Waals surface area contributed by atoms with Crippen molar-refractivity contribution < 1.29 is 9.53 Å². The summed E-state index contributed by atoms with van der Waals surface area (Å²) in [5, 5.41) is 2.99. The molecule has 1 amide bonds. The molecule has 0 radical (unpaired) electrons. The number of amides is 1. The van der Waals surface area contributed by atoms with Gasteiger partial charge in [-0.2, -0.15) is 0 Å². The van der Waals surface area contributed by atoms with Crippen molar-refractivity contribution in [2.75, 3.05) is 13.7 Å². The Morgan fingerprint density at radius 1 is 1.08 bits per heavy atom. The number of carbonyl (C=O) groups is 1. The SMILES string of the molecule is COc1ccccc1-c1cccc(C(=O)NCC(C)c2ccccn2)c1. The third-order valence-corrected chi connectivity index (χ3v) is 4.30. The zero-order chi connectivity index (χ0) is 18.4. The number of pyridine rings is 1. The number of methoxy groups -OCH3 is 1. The number of aromatic nitrogens is 1. The van der Waals surface area contributed by atoms with E-state index >= 15 is 0 Å². The summed E-state index contributed by atoms with van der Waals surface area (Å²) in [7, 11) is 1.65. The molecule has 26 heavy (non-hydrogen) atoms. The van der Waals surface area contributed by atoms with E-state index in [1.54, 1.807) is 13.3 Å². The number of benzene rings is 2. The Bertz CT molecular complexity index is 878. The van der Waals surface area contributed by atoms with Crippen LogP contribution in [0.1, 0.15) is 28.9 Å². The fraction of sp³-hybridized carbons (Fsp3) is 0.182. The molecule has 3 rings (SSSR count). The molecule has 1 atom stereocenters. The first-order valence-electron chi connectivity index (χ1n) is 8.61. The van der Waals surface area contributed by atoms with Gasteiger partial charge in [0, 0.05) is 35.5 Å². The monoisotopic (exact) mass is 346 g/mol. The maximum Gasteiger partial charge on any atom is 0.251 e. The van der Waals surface area contributed by atoms with Crippen molar-refractivity contribution in [2.24, 2.45) is 0 Å². The predicted octanol–water partition coefficient (Wildman–Crippen LogP) is 4.29. The van der Waals surface area contributed by atoms with Gasteiger partial charge in [-0.1, -0.05) is 43.3 Å². The number of carbonyl (C=O) groups excluding carboxylic acids is 1. The Hall–Kier alpha value is -3.14. The topological polar surface area (TPSA) is 51.2 Å². The van der Waals surface area contributed by atoms with Crippen LogP contribution in [0.2, 0.25) is 0 Å². The standard InChI is InChI=1S/C22H22N2O2/c1-16(20-11-5-6-13-23-20)15-24-22(25)18-9-7-8-17(14-18)19-10-3-4-12-21(19)26-2/h3-14,16H,15H2,1-2H3,(H,24,25). The minimum atomic E-state index is -0.0930. The first kappa shape index (κ1) is 17.7. The van der Waals surface area contributed by atoms with Gasteiger partial charge in [-0.15, -0.1) is 0 Å². The van der Waals surface area contributed by atoms with E-state index in [2.05, 4.69) is 10.3 Å². The van der Waals surface area contributed by atoms with Crippen LogP contribution < -0.4 is 10.1 Å². The Labute approximate surface area is 153 Å². The van der Waals surface area contributed by atoms with E-state index in [1.807, 2.05) is 73.7 Å². The van der Waals surface area contributed by atoms with E-state index in [1.165, 1.54) is 0 Å². The number of hydrogen-bond donors (Lipinski definition) is 1. The third kappa shape index (κ3) is 4.09. The second-order valence-corrected chi connectivity index (χ2v) is 6.15. The quantitative estimate of drug-likeness (QED) is 0.724. The van der Waals surface area contributed by atoms with E-state index in [9.17, 15) is 4.79 Å². The lowest BCUT2D eigenvalue weighted by molar-refractivity contribution is 0.0951. The number of nitrogens with one attached hydrogen (secondary N) is 1. The van der Waals surface area contributed by atoms with Gasteiger partial charge in [-0.05, 0) is 35.9 Å². The average molecular weight is 346 g/mol. The third-order valence-electron chi connectivity index (χ3n) is 4.30. The Kier molecular flexibility index (Phi) is 5.64. The van der Waals surface area contributed by atoms with Crippen molar-refractivity contribution >= 4 is 5.91 Å². The van der Waals surface area contributed by atoms with Crippen LogP contribution in [-0.2, 0) is 0 Å². The summed E-state index contributed by atoms with van der Waals surface area (Å²) < 4.78 is 5.42. The molecule has 132 valence electrons. The van der Waals surface area contributed by atoms with E-state index in [0.29, 0.717) is 12.1 Å².